The van der Waals surface area contributed by atoms with Crippen LogP contribution < -0.4 is 10.6 Å². The molecular weight excluding hydrogens is 710 g/mol. The summed E-state index contributed by atoms with van der Waals surface area (Å²) in [7, 11) is 0. The molecule has 1 aliphatic carbocycles. The van der Waals surface area contributed by atoms with Gasteiger partial charge in [-0.1, -0.05) is 142 Å². The van der Waals surface area contributed by atoms with Crippen LogP contribution >= 0.6 is 0 Å². The van der Waals surface area contributed by atoms with E-state index in [2.05, 4.69) is 17.6 Å². The molecule has 2 saturated heterocycles. The number of rotatable bonds is 31. The molecule has 0 aromatic heterocycles. The molecule has 0 amide bonds. The van der Waals surface area contributed by atoms with Crippen LogP contribution in [0.25, 0.3) is 0 Å². The third-order valence-electron chi connectivity index (χ3n) is 12.6. The highest BCUT2D eigenvalue weighted by molar-refractivity contribution is 4.93. The Morgan fingerprint density at radius 3 is 1.84 bits per heavy atom. The van der Waals surface area contributed by atoms with Crippen molar-refractivity contribution >= 4 is 0 Å². The average Bonchev–Trinajstić information content (AvgIpc) is 3.65. The monoisotopic (exact) mass is 793 g/mol. The van der Waals surface area contributed by atoms with Crippen molar-refractivity contribution in [3.05, 3.63) is 0 Å². The average molecular weight is 793 g/mol. The van der Waals surface area contributed by atoms with Gasteiger partial charge >= 0.3 is 0 Å². The second-order valence-electron chi connectivity index (χ2n) is 17.3. The molecule has 2 heterocycles. The van der Waals surface area contributed by atoms with Crippen molar-refractivity contribution in [3.63, 3.8) is 0 Å². The first-order chi connectivity index (χ1) is 26.7. The summed E-state index contributed by atoms with van der Waals surface area (Å²) in [6, 6.07) is 0.192. The predicted molar refractivity (Wildman–Crippen MR) is 213 cm³/mol. The summed E-state index contributed by atoms with van der Waals surface area (Å²) in [5.41, 5.74) is 0. The van der Waals surface area contributed by atoms with Crippen LogP contribution in [0, 0.1) is 11.8 Å². The quantitative estimate of drug-likeness (QED) is 0.0364. The lowest BCUT2D eigenvalue weighted by atomic mass is 9.83. The van der Waals surface area contributed by atoms with E-state index in [0.29, 0.717) is 31.7 Å². The highest BCUT2D eigenvalue weighted by Crippen LogP contribution is 2.32. The number of hydrogen-bond acceptors (Lipinski definition) is 10. The number of aliphatic hydroxyl groups excluding tert-OH is 6. The Balaban J connectivity index is 1.35. The van der Waals surface area contributed by atoms with Gasteiger partial charge in [0.1, 0.15) is 36.8 Å². The molecule has 10 unspecified atom stereocenters. The maximum atomic E-state index is 13.6. The summed E-state index contributed by atoms with van der Waals surface area (Å²) in [6.45, 7) is 2.30. The number of ether oxygens (including phenoxy) is 2. The van der Waals surface area contributed by atoms with Gasteiger partial charge in [-0.3, -0.25) is 10.6 Å². The molecule has 1 saturated carbocycles. The molecule has 0 bridgehead atoms. The van der Waals surface area contributed by atoms with Crippen molar-refractivity contribution in [2.45, 2.75) is 241 Å². The molecule has 55 heavy (non-hydrogen) atoms. The molecule has 0 radical (unpaired) electrons. The first-order valence-electron chi connectivity index (χ1n) is 22.7. The number of unbranched alkanes of at least 4 members (excludes halogenated alkanes) is 18. The van der Waals surface area contributed by atoms with Gasteiger partial charge in [0.25, 0.3) is 0 Å². The minimum absolute atomic E-state index is 0.0914. The van der Waals surface area contributed by atoms with Crippen molar-refractivity contribution in [3.8, 4) is 0 Å². The molecule has 3 rings (SSSR count). The van der Waals surface area contributed by atoms with Crippen LogP contribution in [0.2, 0.25) is 0 Å². The zero-order valence-electron chi connectivity index (χ0n) is 34.3. The Morgan fingerprint density at radius 1 is 0.691 bits per heavy atom. The van der Waals surface area contributed by atoms with E-state index in [1.54, 1.807) is 0 Å². The van der Waals surface area contributed by atoms with Gasteiger partial charge in [0.2, 0.25) is 0 Å². The fourth-order valence-corrected chi connectivity index (χ4v) is 8.86. The second kappa shape index (κ2) is 28.8. The molecule has 13 atom stereocenters. The molecule has 326 valence electrons. The molecule has 0 spiro atoms. The molecule has 10 nitrogen and oxygen atoms in total. The largest absolute Gasteiger partial charge is 0.394 e. The Hall–Kier alpha value is -0.540. The summed E-state index contributed by atoms with van der Waals surface area (Å²) in [6.07, 6.45) is 15.9. The first-order valence-corrected chi connectivity index (χ1v) is 22.7. The van der Waals surface area contributed by atoms with Crippen molar-refractivity contribution in [1.29, 1.82) is 0 Å². The normalized spacial score (nSPS) is 31.8. The molecule has 3 aliphatic rings. The van der Waals surface area contributed by atoms with E-state index in [0.717, 1.165) is 64.2 Å². The molecule has 0 aromatic rings. The van der Waals surface area contributed by atoms with Crippen molar-refractivity contribution < 1.29 is 48.9 Å². The summed E-state index contributed by atoms with van der Waals surface area (Å²) < 4.78 is 38.5. The van der Waals surface area contributed by atoms with Gasteiger partial charge in [0, 0.05) is 18.5 Å². The standard InChI is InChI=1S/C43H82F2N2O8/c1-2-3-4-5-6-7-8-9-10-15-18-21-24-36(49)38(50)33(30-54-43-41(53)40(52)39(51)37(29-48)55-43)42-46-28-32(47-42)23-20-17-14-12-11-13-16-19-22-31-25-26-34(44)35(45)27-31/h31-43,46-53H,2-30H2,1H3/t31?,32?,33-,34?,35?,36+,37?,38-,39?,40?,41?,42?,43?/m0/s1. The minimum atomic E-state index is -1.56. The van der Waals surface area contributed by atoms with Gasteiger partial charge < -0.3 is 40.1 Å². The van der Waals surface area contributed by atoms with Crippen LogP contribution in [-0.2, 0) is 9.47 Å². The van der Waals surface area contributed by atoms with Crippen molar-refractivity contribution in [2.75, 3.05) is 19.8 Å². The van der Waals surface area contributed by atoms with Crippen LogP contribution in [0.15, 0.2) is 0 Å². The van der Waals surface area contributed by atoms with E-state index >= 15 is 0 Å². The maximum Gasteiger partial charge on any atom is 0.186 e. The number of nitrogens with one attached hydrogen (secondary N) is 2. The van der Waals surface area contributed by atoms with Gasteiger partial charge in [0.05, 0.1) is 31.6 Å². The summed E-state index contributed by atoms with van der Waals surface area (Å²) >= 11 is 0. The van der Waals surface area contributed by atoms with Gasteiger partial charge in [-0.05, 0) is 38.0 Å². The fraction of sp³-hybridized carbons (Fsp3) is 1.00. The topological polar surface area (TPSA) is 164 Å². The Bertz CT molecular complexity index is 943. The minimum Gasteiger partial charge on any atom is -0.394 e. The molecular formula is C43H82F2N2O8. The number of aliphatic hydroxyl groups is 6. The van der Waals surface area contributed by atoms with E-state index in [1.165, 1.54) is 83.5 Å². The molecule has 3 fully saturated rings. The lowest BCUT2D eigenvalue weighted by molar-refractivity contribution is -0.305. The zero-order chi connectivity index (χ0) is 39.8. The highest BCUT2D eigenvalue weighted by atomic mass is 19.2. The molecule has 12 heteroatoms. The Labute approximate surface area is 331 Å². The van der Waals surface area contributed by atoms with Crippen LogP contribution in [0.3, 0.4) is 0 Å². The molecule has 8 N–H and O–H groups in total. The Kier molecular flexibility index (Phi) is 25.6. The van der Waals surface area contributed by atoms with E-state index in [4.69, 9.17) is 9.47 Å². The van der Waals surface area contributed by atoms with E-state index in [9.17, 15) is 39.4 Å². The lowest BCUT2D eigenvalue weighted by Gasteiger charge is -2.40. The second-order valence-corrected chi connectivity index (χ2v) is 17.3. The van der Waals surface area contributed by atoms with Crippen LogP contribution in [0.1, 0.15) is 174 Å². The SMILES string of the molecule is CCCCCCCCCCCCCC[C@@H](O)[C@@H](O)[C@H](COC1OC(CO)C(O)C(O)C1O)C1NCC(CCCCCCCCCCC2CCC(F)C(F)C2)N1. The van der Waals surface area contributed by atoms with E-state index in [-0.39, 0.29) is 18.8 Å². The summed E-state index contributed by atoms with van der Waals surface area (Å²) in [4.78, 5) is 0. The predicted octanol–water partition coefficient (Wildman–Crippen LogP) is 6.50. The molecule has 0 aromatic carbocycles. The van der Waals surface area contributed by atoms with Gasteiger partial charge in [-0.15, -0.1) is 0 Å². The van der Waals surface area contributed by atoms with Gasteiger partial charge in [-0.25, -0.2) is 8.78 Å². The first kappa shape index (κ1) is 48.8. The number of alkyl halides is 2. The van der Waals surface area contributed by atoms with Crippen molar-refractivity contribution in [2.24, 2.45) is 11.8 Å². The Morgan fingerprint density at radius 2 is 1.25 bits per heavy atom. The number of halogens is 2. The lowest BCUT2D eigenvalue weighted by Crippen LogP contribution is -2.60. The van der Waals surface area contributed by atoms with Crippen LogP contribution in [0.4, 0.5) is 8.78 Å². The van der Waals surface area contributed by atoms with Gasteiger partial charge in [0.15, 0.2) is 6.29 Å². The third-order valence-corrected chi connectivity index (χ3v) is 12.6. The third kappa shape index (κ3) is 18.5. The van der Waals surface area contributed by atoms with E-state index < -0.39 is 67.8 Å². The van der Waals surface area contributed by atoms with Crippen LogP contribution in [0.5, 0.6) is 0 Å². The smallest absolute Gasteiger partial charge is 0.186 e. The van der Waals surface area contributed by atoms with Crippen LogP contribution in [-0.4, -0.2) is 118 Å². The number of hydrogen-bond donors (Lipinski definition) is 8. The highest BCUT2D eigenvalue weighted by Gasteiger charge is 2.45. The van der Waals surface area contributed by atoms with Crippen molar-refractivity contribution in [1.82, 2.24) is 10.6 Å². The summed E-state index contributed by atoms with van der Waals surface area (Å²) in [5.74, 6) is -0.246. The maximum absolute atomic E-state index is 13.6. The van der Waals surface area contributed by atoms with E-state index in [1.807, 2.05) is 0 Å². The molecule has 2 aliphatic heterocycles. The fourth-order valence-electron chi connectivity index (χ4n) is 8.86. The summed E-state index contributed by atoms with van der Waals surface area (Å²) in [5, 5.41) is 70.2. The zero-order valence-corrected chi connectivity index (χ0v) is 34.3. The van der Waals surface area contributed by atoms with Gasteiger partial charge in [-0.2, -0.15) is 0 Å².